The van der Waals surface area contributed by atoms with Gasteiger partial charge in [-0.25, -0.2) is 8.42 Å². The highest BCUT2D eigenvalue weighted by molar-refractivity contribution is 8.72. The Morgan fingerprint density at radius 3 is 2.29 bits per heavy atom. The highest BCUT2D eigenvalue weighted by Gasteiger charge is 2.11. The lowest BCUT2D eigenvalue weighted by molar-refractivity contribution is 0.611. The predicted molar refractivity (Wildman–Crippen MR) is 61.8 cm³/mol. The van der Waals surface area contributed by atoms with Crippen molar-refractivity contribution < 1.29 is 8.42 Å². The topological polar surface area (TPSA) is 34.1 Å². The minimum Gasteiger partial charge on any atom is -0.217 e. The normalized spacial score (nSPS) is 11.6. The van der Waals surface area contributed by atoms with E-state index in [9.17, 15) is 8.42 Å². The number of hydrogen-bond acceptors (Lipinski definition) is 3. The lowest BCUT2D eigenvalue weighted by Gasteiger charge is -2.01. The number of benzene rings is 1. The third-order valence-electron chi connectivity index (χ3n) is 1.36. The van der Waals surface area contributed by atoms with Crippen molar-refractivity contribution in [2.75, 3.05) is 11.6 Å². The molecule has 0 N–H and O–H groups in total. The van der Waals surface area contributed by atoms with E-state index in [1.54, 1.807) is 24.3 Å². The van der Waals surface area contributed by atoms with Crippen LogP contribution in [0.2, 0.25) is 5.02 Å². The summed E-state index contributed by atoms with van der Waals surface area (Å²) in [7, 11) is -2.35. The first-order chi connectivity index (χ1) is 6.53. The summed E-state index contributed by atoms with van der Waals surface area (Å²) in [4.78, 5) is 0.652. The van der Waals surface area contributed by atoms with E-state index in [2.05, 4.69) is 0 Å². The van der Waals surface area contributed by atoms with Crippen molar-refractivity contribution in [3.05, 3.63) is 29.3 Å². The van der Waals surface area contributed by atoms with E-state index >= 15 is 0 Å². The third-order valence-corrected chi connectivity index (χ3v) is 5.29. The molecule has 0 aliphatic heterocycles. The highest BCUT2D eigenvalue weighted by atomic mass is 35.5. The van der Waals surface area contributed by atoms with Gasteiger partial charge in [-0.1, -0.05) is 11.6 Å². The van der Waals surface area contributed by atoms with E-state index in [0.717, 1.165) is 10.8 Å². The quantitative estimate of drug-likeness (QED) is 0.623. The molecule has 0 spiro atoms. The average molecular weight is 271 g/mol. The Bertz CT molecular complexity index is 386. The first kappa shape index (κ1) is 12.2. The summed E-state index contributed by atoms with van der Waals surface area (Å²) in [5, 5.41) is 0.587. The molecule has 0 saturated carbocycles. The molecular weight excluding hydrogens is 263 g/mol. The van der Waals surface area contributed by atoms with Gasteiger partial charge in [0.2, 0.25) is 8.87 Å². The summed E-state index contributed by atoms with van der Waals surface area (Å²) < 4.78 is 22.7. The van der Waals surface area contributed by atoms with Crippen molar-refractivity contribution >= 4 is 42.9 Å². The fourth-order valence-electron chi connectivity index (χ4n) is 0.773. The summed E-state index contributed by atoms with van der Waals surface area (Å²) in [6.45, 7) is 0. The minimum atomic E-state index is -3.16. The molecule has 0 aliphatic carbocycles. The van der Waals surface area contributed by atoms with Gasteiger partial charge in [0.1, 0.15) is 0 Å². The van der Waals surface area contributed by atoms with Gasteiger partial charge in [-0.15, -0.1) is 11.6 Å². The molecule has 0 fully saturated rings. The molecule has 0 radical (unpaired) electrons. The number of halogens is 2. The van der Waals surface area contributed by atoms with E-state index in [1.807, 2.05) is 0 Å². The van der Waals surface area contributed by atoms with Crippen LogP contribution in [0.5, 0.6) is 0 Å². The van der Waals surface area contributed by atoms with Gasteiger partial charge < -0.3 is 0 Å². The zero-order chi connectivity index (χ0) is 10.6. The third kappa shape index (κ3) is 4.09. The van der Waals surface area contributed by atoms with Gasteiger partial charge in [0, 0.05) is 26.6 Å². The Hall–Kier alpha value is 0.1000. The fraction of sp³-hybridized carbons (Fsp3) is 0.250. The van der Waals surface area contributed by atoms with Crippen LogP contribution in [-0.2, 0) is 8.87 Å². The van der Waals surface area contributed by atoms with Crippen molar-refractivity contribution in [1.82, 2.24) is 0 Å². The monoisotopic (exact) mass is 270 g/mol. The largest absolute Gasteiger partial charge is 0.217 e. The maximum Gasteiger partial charge on any atom is 0.207 e. The van der Waals surface area contributed by atoms with Crippen LogP contribution >= 0.6 is 34.0 Å². The Balaban J connectivity index is 2.74. The molecule has 0 bridgehead atoms. The van der Waals surface area contributed by atoms with Gasteiger partial charge in [-0.2, -0.15) is 0 Å². The Kier molecular flexibility index (Phi) is 4.57. The van der Waals surface area contributed by atoms with Crippen molar-refractivity contribution in [3.8, 4) is 0 Å². The van der Waals surface area contributed by atoms with Crippen molar-refractivity contribution in [2.24, 2.45) is 0 Å². The molecule has 14 heavy (non-hydrogen) atoms. The maximum atomic E-state index is 11.3. The smallest absolute Gasteiger partial charge is 0.207 e. The van der Waals surface area contributed by atoms with E-state index in [0.29, 0.717) is 9.92 Å². The molecule has 0 unspecified atom stereocenters. The Labute approximate surface area is 96.9 Å². The second kappa shape index (κ2) is 5.26. The van der Waals surface area contributed by atoms with Gasteiger partial charge in [0.05, 0.1) is 5.75 Å². The van der Waals surface area contributed by atoms with Gasteiger partial charge >= 0.3 is 0 Å². The minimum absolute atomic E-state index is 0.0259. The summed E-state index contributed by atoms with van der Waals surface area (Å²) in [6.07, 6.45) is 0. The van der Waals surface area contributed by atoms with Gasteiger partial charge in [0.25, 0.3) is 0 Å². The standard InChI is InChI=1S/C8H8Cl2O2S2/c9-5-6-14(11,12)13-8-3-1-7(10)2-4-8/h1-4H,5-6H2. The SMILES string of the molecule is O=S(=O)(CCCl)Sc1ccc(Cl)cc1. The second-order valence-electron chi connectivity index (χ2n) is 2.49. The Morgan fingerprint density at radius 2 is 1.79 bits per heavy atom. The lowest BCUT2D eigenvalue weighted by Crippen LogP contribution is -2.01. The van der Waals surface area contributed by atoms with Crippen LogP contribution in [0.15, 0.2) is 29.2 Å². The van der Waals surface area contributed by atoms with E-state index < -0.39 is 8.87 Å². The molecule has 0 atom stereocenters. The van der Waals surface area contributed by atoms with Crippen LogP contribution in [0.25, 0.3) is 0 Å². The summed E-state index contributed by atoms with van der Waals surface area (Å²) >= 11 is 11.0. The van der Waals surface area contributed by atoms with Crippen molar-refractivity contribution in [3.63, 3.8) is 0 Å². The molecule has 1 aromatic rings. The number of rotatable bonds is 4. The lowest BCUT2D eigenvalue weighted by atomic mass is 10.4. The van der Waals surface area contributed by atoms with Gasteiger partial charge in [-0.05, 0) is 24.3 Å². The zero-order valence-corrected chi connectivity index (χ0v) is 10.3. The van der Waals surface area contributed by atoms with Crippen molar-refractivity contribution in [1.29, 1.82) is 0 Å². The van der Waals surface area contributed by atoms with E-state index in [-0.39, 0.29) is 11.6 Å². The number of hydrogen-bond donors (Lipinski definition) is 0. The van der Waals surface area contributed by atoms with Gasteiger partial charge in [-0.3, -0.25) is 0 Å². The van der Waals surface area contributed by atoms with E-state index in [4.69, 9.17) is 23.2 Å². The molecule has 0 amide bonds. The fourth-order valence-corrected chi connectivity index (χ4v) is 4.31. The summed E-state index contributed by atoms with van der Waals surface area (Å²) in [5.41, 5.74) is 0. The molecule has 78 valence electrons. The molecule has 6 heteroatoms. The molecule has 0 aromatic heterocycles. The molecule has 1 rings (SSSR count). The summed E-state index contributed by atoms with van der Waals surface area (Å²) in [6, 6.07) is 6.64. The first-order valence-electron chi connectivity index (χ1n) is 3.77. The van der Waals surface area contributed by atoms with Crippen LogP contribution in [0.1, 0.15) is 0 Å². The average Bonchev–Trinajstić information content (AvgIpc) is 2.08. The number of alkyl halides is 1. The predicted octanol–water partition coefficient (Wildman–Crippen LogP) is 3.00. The highest BCUT2D eigenvalue weighted by Crippen LogP contribution is 2.26. The molecular formula is C8H8Cl2O2S2. The second-order valence-corrected chi connectivity index (χ2v) is 7.49. The van der Waals surface area contributed by atoms with E-state index in [1.165, 1.54) is 0 Å². The first-order valence-corrected chi connectivity index (χ1v) is 7.67. The molecule has 0 saturated heterocycles. The molecule has 0 aliphatic rings. The van der Waals surface area contributed by atoms with Crippen LogP contribution in [0.3, 0.4) is 0 Å². The maximum absolute atomic E-state index is 11.3. The van der Waals surface area contributed by atoms with Crippen LogP contribution in [0.4, 0.5) is 0 Å². The van der Waals surface area contributed by atoms with Gasteiger partial charge in [0.15, 0.2) is 0 Å². The van der Waals surface area contributed by atoms with Crippen LogP contribution in [0, 0.1) is 0 Å². The van der Waals surface area contributed by atoms with Crippen LogP contribution in [-0.4, -0.2) is 20.1 Å². The van der Waals surface area contributed by atoms with Crippen molar-refractivity contribution in [2.45, 2.75) is 4.90 Å². The van der Waals surface area contributed by atoms with Crippen LogP contribution < -0.4 is 0 Å². The molecule has 0 heterocycles. The summed E-state index contributed by atoms with van der Waals surface area (Å²) in [5.74, 6) is 0.0881. The molecule has 2 nitrogen and oxygen atoms in total. The zero-order valence-electron chi connectivity index (χ0n) is 7.11. The molecule has 1 aromatic carbocycles. The Morgan fingerprint density at radius 1 is 1.21 bits per heavy atom.